The Balaban J connectivity index is 1.85. The lowest BCUT2D eigenvalue weighted by Crippen LogP contribution is -2.64. The van der Waals surface area contributed by atoms with Crippen molar-refractivity contribution in [1.82, 2.24) is 0 Å². The molecule has 16 heavy (non-hydrogen) atoms. The Bertz CT molecular complexity index is 347. The SMILES string of the molecule is COC(=O)C1CC23C=CC12CCCCCC3. The Labute approximate surface area is 97.1 Å². The summed E-state index contributed by atoms with van der Waals surface area (Å²) < 4.78 is 4.95. The maximum Gasteiger partial charge on any atom is 0.309 e. The minimum Gasteiger partial charge on any atom is -0.469 e. The highest BCUT2D eigenvalue weighted by molar-refractivity contribution is 5.77. The van der Waals surface area contributed by atoms with E-state index in [9.17, 15) is 4.79 Å². The predicted molar refractivity (Wildman–Crippen MR) is 61.8 cm³/mol. The minimum atomic E-state index is 0.0144. The molecular weight excluding hydrogens is 200 g/mol. The molecule has 2 fully saturated rings. The van der Waals surface area contributed by atoms with Crippen LogP contribution in [0.4, 0.5) is 0 Å². The van der Waals surface area contributed by atoms with Crippen LogP contribution in [0.15, 0.2) is 12.2 Å². The molecule has 0 aliphatic heterocycles. The van der Waals surface area contributed by atoms with Gasteiger partial charge in [0.2, 0.25) is 0 Å². The molecule has 0 amide bonds. The zero-order chi connectivity index (χ0) is 11.2. The standard InChI is InChI=1S/C14H20O2/c1-16-12(15)11-10-13-6-4-2-3-5-7-14(11,13)9-8-13/h8-9,11H,2-7,10H2,1H3. The summed E-state index contributed by atoms with van der Waals surface area (Å²) in [5.74, 6) is 0.168. The lowest BCUT2D eigenvalue weighted by Gasteiger charge is -2.67. The van der Waals surface area contributed by atoms with Crippen molar-refractivity contribution >= 4 is 5.97 Å². The highest BCUT2D eigenvalue weighted by Crippen LogP contribution is 2.73. The zero-order valence-electron chi connectivity index (χ0n) is 10.00. The van der Waals surface area contributed by atoms with E-state index in [1.54, 1.807) is 0 Å². The van der Waals surface area contributed by atoms with E-state index >= 15 is 0 Å². The fraction of sp³-hybridized carbons (Fsp3) is 0.786. The summed E-state index contributed by atoms with van der Waals surface area (Å²) >= 11 is 0. The van der Waals surface area contributed by atoms with Crippen molar-refractivity contribution in [3.8, 4) is 0 Å². The van der Waals surface area contributed by atoms with Crippen molar-refractivity contribution in [3.05, 3.63) is 12.2 Å². The summed E-state index contributed by atoms with van der Waals surface area (Å²) in [6, 6.07) is 0. The van der Waals surface area contributed by atoms with Gasteiger partial charge in [-0.3, -0.25) is 4.79 Å². The quantitative estimate of drug-likeness (QED) is 0.501. The van der Waals surface area contributed by atoms with Crippen LogP contribution in [-0.2, 0) is 9.53 Å². The van der Waals surface area contributed by atoms with Crippen LogP contribution in [0.2, 0.25) is 0 Å². The van der Waals surface area contributed by atoms with E-state index in [0.29, 0.717) is 5.41 Å². The molecule has 0 radical (unpaired) electrons. The van der Waals surface area contributed by atoms with Gasteiger partial charge < -0.3 is 4.74 Å². The van der Waals surface area contributed by atoms with Gasteiger partial charge in [-0.1, -0.05) is 37.8 Å². The van der Waals surface area contributed by atoms with E-state index in [0.717, 1.165) is 6.42 Å². The molecule has 3 rings (SSSR count). The molecule has 0 saturated heterocycles. The van der Waals surface area contributed by atoms with Gasteiger partial charge in [0.05, 0.1) is 13.0 Å². The first-order chi connectivity index (χ1) is 7.74. The van der Waals surface area contributed by atoms with E-state index in [4.69, 9.17) is 4.74 Å². The van der Waals surface area contributed by atoms with Crippen LogP contribution in [0.25, 0.3) is 0 Å². The molecule has 3 unspecified atom stereocenters. The van der Waals surface area contributed by atoms with Crippen molar-refractivity contribution in [3.63, 3.8) is 0 Å². The second-order valence-corrected chi connectivity index (χ2v) is 5.72. The first-order valence-corrected chi connectivity index (χ1v) is 6.52. The third-order valence-corrected chi connectivity index (χ3v) is 5.27. The van der Waals surface area contributed by atoms with Crippen LogP contribution in [0.3, 0.4) is 0 Å². The van der Waals surface area contributed by atoms with Gasteiger partial charge in [0.25, 0.3) is 0 Å². The molecule has 2 saturated carbocycles. The molecule has 0 aromatic heterocycles. The average molecular weight is 220 g/mol. The lowest BCUT2D eigenvalue weighted by molar-refractivity contribution is -0.179. The Kier molecular flexibility index (Phi) is 2.17. The van der Waals surface area contributed by atoms with Crippen LogP contribution in [0.5, 0.6) is 0 Å². The van der Waals surface area contributed by atoms with Gasteiger partial charge in [-0.2, -0.15) is 0 Å². The predicted octanol–water partition coefficient (Wildman–Crippen LogP) is 3.08. The topological polar surface area (TPSA) is 26.3 Å². The molecule has 0 heterocycles. The van der Waals surface area contributed by atoms with Crippen LogP contribution >= 0.6 is 0 Å². The van der Waals surface area contributed by atoms with Gasteiger partial charge in [-0.05, 0) is 24.7 Å². The van der Waals surface area contributed by atoms with Gasteiger partial charge in [0.1, 0.15) is 0 Å². The highest BCUT2D eigenvalue weighted by atomic mass is 16.5. The second-order valence-electron chi connectivity index (χ2n) is 5.72. The van der Waals surface area contributed by atoms with Gasteiger partial charge in [-0.25, -0.2) is 0 Å². The number of hydrogen-bond donors (Lipinski definition) is 0. The number of allylic oxidation sites excluding steroid dienone is 2. The molecule has 3 aliphatic rings. The van der Waals surface area contributed by atoms with Crippen LogP contribution in [0, 0.1) is 16.7 Å². The fourth-order valence-electron chi connectivity index (χ4n) is 4.24. The number of ether oxygens (including phenoxy) is 1. The third-order valence-electron chi connectivity index (χ3n) is 5.27. The molecule has 0 aromatic rings. The van der Waals surface area contributed by atoms with Gasteiger partial charge in [-0.15, -0.1) is 0 Å². The third kappa shape index (κ3) is 1.05. The Morgan fingerprint density at radius 3 is 2.56 bits per heavy atom. The lowest BCUT2D eigenvalue weighted by atomic mass is 9.35. The van der Waals surface area contributed by atoms with Crippen LogP contribution in [-0.4, -0.2) is 13.1 Å². The summed E-state index contributed by atoms with van der Waals surface area (Å²) in [6.45, 7) is 0. The fourth-order valence-corrected chi connectivity index (χ4v) is 4.24. The molecule has 0 N–H and O–H groups in total. The van der Waals surface area contributed by atoms with Crippen molar-refractivity contribution in [1.29, 1.82) is 0 Å². The number of carbonyl (C=O) groups excluding carboxylic acids is 1. The largest absolute Gasteiger partial charge is 0.469 e. The smallest absolute Gasteiger partial charge is 0.309 e. The summed E-state index contributed by atoms with van der Waals surface area (Å²) in [5.41, 5.74) is 0.576. The Morgan fingerprint density at radius 1 is 1.19 bits per heavy atom. The van der Waals surface area contributed by atoms with Crippen LogP contribution in [0.1, 0.15) is 44.9 Å². The number of hydrogen-bond acceptors (Lipinski definition) is 2. The first-order valence-electron chi connectivity index (χ1n) is 6.52. The molecular formula is C14H20O2. The molecule has 0 spiro atoms. The molecule has 2 heteroatoms. The number of rotatable bonds is 1. The monoisotopic (exact) mass is 220 g/mol. The molecule has 3 aliphatic carbocycles. The van der Waals surface area contributed by atoms with Crippen molar-refractivity contribution in [2.45, 2.75) is 44.9 Å². The molecule has 88 valence electrons. The normalized spacial score (nSPS) is 45.2. The van der Waals surface area contributed by atoms with Gasteiger partial charge >= 0.3 is 5.97 Å². The maximum absolute atomic E-state index is 11.8. The average Bonchev–Trinajstić information content (AvgIpc) is 2.31. The summed E-state index contributed by atoms with van der Waals surface area (Å²) in [7, 11) is 1.52. The maximum atomic E-state index is 11.8. The highest BCUT2D eigenvalue weighted by Gasteiger charge is 2.68. The Hall–Kier alpha value is -0.790. The first kappa shape index (κ1) is 10.4. The summed E-state index contributed by atoms with van der Waals surface area (Å²) in [6.07, 6.45) is 13.5. The van der Waals surface area contributed by atoms with E-state index in [1.165, 1.54) is 45.6 Å². The van der Waals surface area contributed by atoms with E-state index in [2.05, 4.69) is 12.2 Å². The van der Waals surface area contributed by atoms with Gasteiger partial charge in [0, 0.05) is 5.41 Å². The summed E-state index contributed by atoms with van der Waals surface area (Å²) in [5, 5.41) is 0. The van der Waals surface area contributed by atoms with Crippen molar-refractivity contribution < 1.29 is 9.53 Å². The number of carbonyl (C=O) groups is 1. The van der Waals surface area contributed by atoms with E-state index in [1.807, 2.05) is 0 Å². The van der Waals surface area contributed by atoms with Crippen molar-refractivity contribution in [2.24, 2.45) is 16.7 Å². The van der Waals surface area contributed by atoms with Crippen LogP contribution < -0.4 is 0 Å². The van der Waals surface area contributed by atoms with Gasteiger partial charge in [0.15, 0.2) is 0 Å². The molecule has 3 atom stereocenters. The van der Waals surface area contributed by atoms with Crippen molar-refractivity contribution in [2.75, 3.05) is 7.11 Å². The number of esters is 1. The summed E-state index contributed by atoms with van der Waals surface area (Å²) in [4.78, 5) is 11.8. The molecule has 2 nitrogen and oxygen atoms in total. The number of methoxy groups -OCH3 is 1. The minimum absolute atomic E-state index is 0.0144. The second kappa shape index (κ2) is 3.35. The molecule has 0 aromatic carbocycles. The molecule has 0 bridgehead atoms. The zero-order valence-corrected chi connectivity index (χ0v) is 10.00. The van der Waals surface area contributed by atoms with E-state index < -0.39 is 0 Å². The Morgan fingerprint density at radius 2 is 1.94 bits per heavy atom. The van der Waals surface area contributed by atoms with E-state index in [-0.39, 0.29) is 17.3 Å².